The predicted molar refractivity (Wildman–Crippen MR) is 87.4 cm³/mol. The number of carboxylic acid groups (broad SMARTS) is 1. The van der Waals surface area contributed by atoms with Crippen molar-refractivity contribution in [2.24, 2.45) is 0 Å². The average Bonchev–Trinajstić information content (AvgIpc) is 2.38. The molecule has 2 aromatic carbocycles. The molecular weight excluding hydrogens is 280 g/mol. The summed E-state index contributed by atoms with van der Waals surface area (Å²) in [6, 6.07) is 13.8. The molecule has 0 unspecified atom stereocenters. The minimum absolute atomic E-state index is 0.124. The molecule has 0 heterocycles. The van der Waals surface area contributed by atoms with Crippen LogP contribution in [0.2, 0.25) is 0 Å². The van der Waals surface area contributed by atoms with Crippen molar-refractivity contribution in [3.63, 3.8) is 0 Å². The lowest BCUT2D eigenvalue weighted by Crippen LogP contribution is -2.10. The zero-order valence-corrected chi connectivity index (χ0v) is 13.6. The van der Waals surface area contributed by atoms with Gasteiger partial charge in [-0.2, -0.15) is 0 Å². The highest BCUT2D eigenvalue weighted by Gasteiger charge is 2.14. The summed E-state index contributed by atoms with van der Waals surface area (Å²) < 4.78 is 0. The Bertz CT molecular complexity index is 652. The summed E-state index contributed by atoms with van der Waals surface area (Å²) in [6.07, 6.45) is 0. The van der Waals surface area contributed by atoms with Crippen LogP contribution in [0.5, 0.6) is 0 Å². The maximum Gasteiger partial charge on any atom is 0.336 e. The van der Waals surface area contributed by atoms with Gasteiger partial charge in [0.25, 0.3) is 0 Å². The van der Waals surface area contributed by atoms with Crippen LogP contribution in [0.25, 0.3) is 0 Å². The lowest BCUT2D eigenvalue weighted by molar-refractivity contribution is 0.0693. The summed E-state index contributed by atoms with van der Waals surface area (Å²) in [4.78, 5) is 13.1. The average molecular weight is 300 g/mol. The highest BCUT2D eigenvalue weighted by molar-refractivity contribution is 7.99. The molecule has 0 spiro atoms. The van der Waals surface area contributed by atoms with Crippen molar-refractivity contribution in [1.29, 1.82) is 0 Å². The van der Waals surface area contributed by atoms with Crippen LogP contribution in [0.4, 0.5) is 0 Å². The molecule has 2 aromatic rings. The molecule has 0 aliphatic rings. The minimum atomic E-state index is -0.885. The summed E-state index contributed by atoms with van der Waals surface area (Å²) in [7, 11) is 0. The van der Waals surface area contributed by atoms with E-state index >= 15 is 0 Å². The van der Waals surface area contributed by atoms with Crippen LogP contribution in [0.1, 0.15) is 42.3 Å². The van der Waals surface area contributed by atoms with Gasteiger partial charge in [0.1, 0.15) is 0 Å². The summed E-state index contributed by atoms with van der Waals surface area (Å²) in [5.41, 5.74) is 2.81. The van der Waals surface area contributed by atoms with E-state index in [0.717, 1.165) is 15.4 Å². The van der Waals surface area contributed by atoms with Gasteiger partial charge in [-0.1, -0.05) is 50.7 Å². The normalized spacial score (nSPS) is 11.4. The first-order chi connectivity index (χ1) is 9.77. The third-order valence-electron chi connectivity index (χ3n) is 3.32. The third kappa shape index (κ3) is 3.88. The molecule has 3 heteroatoms. The first-order valence-corrected chi connectivity index (χ1v) is 7.71. The van der Waals surface area contributed by atoms with Crippen molar-refractivity contribution in [1.82, 2.24) is 0 Å². The standard InChI is InChI=1S/C18H20O2S/c1-12-5-10-15(17(19)20)16(11-12)21-14-8-6-13(7-9-14)18(2,3)4/h5-11H,1-4H3,(H,19,20). The summed E-state index contributed by atoms with van der Waals surface area (Å²) in [5.74, 6) is -0.885. The van der Waals surface area contributed by atoms with Crippen LogP contribution in [-0.2, 0) is 5.41 Å². The number of hydrogen-bond acceptors (Lipinski definition) is 2. The van der Waals surface area contributed by atoms with E-state index in [1.165, 1.54) is 17.3 Å². The molecule has 0 aliphatic heterocycles. The molecule has 2 nitrogen and oxygen atoms in total. The Balaban J connectivity index is 2.30. The number of aryl methyl sites for hydroxylation is 1. The number of benzene rings is 2. The predicted octanol–water partition coefficient (Wildman–Crippen LogP) is 5.14. The number of aromatic carboxylic acids is 1. The molecule has 0 amide bonds. The summed E-state index contributed by atoms with van der Waals surface area (Å²) in [5, 5.41) is 9.27. The van der Waals surface area contributed by atoms with Gasteiger partial charge >= 0.3 is 5.97 Å². The van der Waals surface area contributed by atoms with Gasteiger partial charge in [-0.25, -0.2) is 4.79 Å². The van der Waals surface area contributed by atoms with E-state index in [4.69, 9.17) is 0 Å². The Hall–Kier alpha value is -1.74. The fourth-order valence-corrected chi connectivity index (χ4v) is 3.08. The summed E-state index contributed by atoms with van der Waals surface area (Å²) >= 11 is 1.50. The Kier molecular flexibility index (Phi) is 4.43. The second-order valence-electron chi connectivity index (χ2n) is 6.18. The second kappa shape index (κ2) is 5.94. The molecule has 0 bridgehead atoms. The van der Waals surface area contributed by atoms with Crippen LogP contribution in [0.3, 0.4) is 0 Å². The number of hydrogen-bond donors (Lipinski definition) is 1. The molecule has 0 radical (unpaired) electrons. The molecule has 110 valence electrons. The number of carboxylic acids is 1. The number of carbonyl (C=O) groups is 1. The van der Waals surface area contributed by atoms with Gasteiger partial charge < -0.3 is 5.11 Å². The maximum atomic E-state index is 11.3. The van der Waals surface area contributed by atoms with Crippen molar-refractivity contribution in [2.45, 2.75) is 42.9 Å². The Morgan fingerprint density at radius 3 is 2.19 bits per heavy atom. The molecule has 0 aromatic heterocycles. The molecule has 0 saturated carbocycles. The van der Waals surface area contributed by atoms with Crippen molar-refractivity contribution >= 4 is 17.7 Å². The molecule has 21 heavy (non-hydrogen) atoms. The Morgan fingerprint density at radius 2 is 1.67 bits per heavy atom. The van der Waals surface area contributed by atoms with E-state index in [1.807, 2.05) is 19.1 Å². The van der Waals surface area contributed by atoms with Gasteiger partial charge in [-0.15, -0.1) is 0 Å². The number of rotatable bonds is 3. The zero-order valence-electron chi connectivity index (χ0n) is 12.8. The monoisotopic (exact) mass is 300 g/mol. The van der Waals surface area contributed by atoms with Crippen LogP contribution in [0.15, 0.2) is 52.3 Å². The van der Waals surface area contributed by atoms with Gasteiger partial charge in [0.05, 0.1) is 5.56 Å². The largest absolute Gasteiger partial charge is 0.478 e. The quantitative estimate of drug-likeness (QED) is 0.852. The molecule has 0 saturated heterocycles. The van der Waals surface area contributed by atoms with E-state index < -0.39 is 5.97 Å². The first kappa shape index (κ1) is 15.6. The van der Waals surface area contributed by atoms with E-state index in [2.05, 4.69) is 45.0 Å². The van der Waals surface area contributed by atoms with Gasteiger partial charge in [0.2, 0.25) is 0 Å². The van der Waals surface area contributed by atoms with Gasteiger partial charge in [-0.05, 0) is 47.7 Å². The molecule has 1 N–H and O–H groups in total. The van der Waals surface area contributed by atoms with Crippen LogP contribution in [0, 0.1) is 6.92 Å². The molecular formula is C18H20O2S. The topological polar surface area (TPSA) is 37.3 Å². The SMILES string of the molecule is Cc1ccc(C(=O)O)c(Sc2ccc(C(C)(C)C)cc2)c1. The highest BCUT2D eigenvalue weighted by atomic mass is 32.2. The minimum Gasteiger partial charge on any atom is -0.478 e. The lowest BCUT2D eigenvalue weighted by atomic mass is 9.87. The van der Waals surface area contributed by atoms with E-state index in [-0.39, 0.29) is 5.41 Å². The highest BCUT2D eigenvalue weighted by Crippen LogP contribution is 2.33. The van der Waals surface area contributed by atoms with Crippen molar-refractivity contribution < 1.29 is 9.90 Å². The van der Waals surface area contributed by atoms with Gasteiger partial charge in [0, 0.05) is 9.79 Å². The van der Waals surface area contributed by atoms with Crippen LogP contribution < -0.4 is 0 Å². The van der Waals surface area contributed by atoms with Crippen molar-refractivity contribution in [3.05, 3.63) is 59.2 Å². The zero-order chi connectivity index (χ0) is 15.6. The van der Waals surface area contributed by atoms with E-state index in [9.17, 15) is 9.90 Å². The fourth-order valence-electron chi connectivity index (χ4n) is 2.04. The lowest BCUT2D eigenvalue weighted by Gasteiger charge is -2.19. The first-order valence-electron chi connectivity index (χ1n) is 6.90. The van der Waals surface area contributed by atoms with E-state index in [1.54, 1.807) is 6.07 Å². The van der Waals surface area contributed by atoms with Crippen LogP contribution >= 0.6 is 11.8 Å². The molecule has 0 fully saturated rings. The fraction of sp³-hybridized carbons (Fsp3) is 0.278. The molecule has 2 rings (SSSR count). The molecule has 0 atom stereocenters. The smallest absolute Gasteiger partial charge is 0.336 e. The van der Waals surface area contributed by atoms with Gasteiger partial charge in [-0.3, -0.25) is 0 Å². The van der Waals surface area contributed by atoms with Crippen molar-refractivity contribution in [3.8, 4) is 0 Å². The Morgan fingerprint density at radius 1 is 1.05 bits per heavy atom. The molecule has 0 aliphatic carbocycles. The van der Waals surface area contributed by atoms with Crippen LogP contribution in [-0.4, -0.2) is 11.1 Å². The maximum absolute atomic E-state index is 11.3. The third-order valence-corrected chi connectivity index (χ3v) is 4.38. The van der Waals surface area contributed by atoms with Gasteiger partial charge in [0.15, 0.2) is 0 Å². The Labute approximate surface area is 130 Å². The second-order valence-corrected chi connectivity index (χ2v) is 7.30. The van der Waals surface area contributed by atoms with Crippen molar-refractivity contribution in [2.75, 3.05) is 0 Å². The summed E-state index contributed by atoms with van der Waals surface area (Å²) in [6.45, 7) is 8.51. The van der Waals surface area contributed by atoms with E-state index in [0.29, 0.717) is 5.56 Å².